The van der Waals surface area contributed by atoms with Crippen LogP contribution < -0.4 is 5.32 Å². The van der Waals surface area contributed by atoms with Gasteiger partial charge in [-0.05, 0) is 37.6 Å². The number of rotatable bonds is 4. The molecule has 2 aromatic rings. The van der Waals surface area contributed by atoms with Crippen molar-refractivity contribution in [2.45, 2.75) is 26.3 Å². The smallest absolute Gasteiger partial charge is 0.0955 e. The van der Waals surface area contributed by atoms with Gasteiger partial charge in [-0.3, -0.25) is 0 Å². The maximum absolute atomic E-state index is 4.37. The van der Waals surface area contributed by atoms with E-state index in [-0.39, 0.29) is 0 Å². The summed E-state index contributed by atoms with van der Waals surface area (Å²) in [5.74, 6) is 0. The number of benzene rings is 1. The van der Waals surface area contributed by atoms with E-state index in [9.17, 15) is 0 Å². The van der Waals surface area contributed by atoms with Gasteiger partial charge in [-0.25, -0.2) is 4.98 Å². The topological polar surface area (TPSA) is 29.9 Å². The molecular weight excluding hydrogens is 198 g/mol. The van der Waals surface area contributed by atoms with Crippen molar-refractivity contribution in [2.75, 3.05) is 6.54 Å². The third-order valence-corrected chi connectivity index (χ3v) is 2.88. The largest absolute Gasteiger partial charge is 0.334 e. The third kappa shape index (κ3) is 2.25. The number of imidazole rings is 1. The molecule has 16 heavy (non-hydrogen) atoms. The predicted molar refractivity (Wildman–Crippen MR) is 67.6 cm³/mol. The van der Waals surface area contributed by atoms with Crippen molar-refractivity contribution in [3.8, 4) is 0 Å². The van der Waals surface area contributed by atoms with Crippen LogP contribution in [0.4, 0.5) is 0 Å². The van der Waals surface area contributed by atoms with Gasteiger partial charge < -0.3 is 9.88 Å². The molecule has 0 saturated heterocycles. The van der Waals surface area contributed by atoms with Crippen molar-refractivity contribution in [1.82, 2.24) is 14.9 Å². The Morgan fingerprint density at radius 3 is 3.00 bits per heavy atom. The lowest BCUT2D eigenvalue weighted by Gasteiger charge is -2.11. The Balaban J connectivity index is 2.19. The zero-order chi connectivity index (χ0) is 11.5. The number of likely N-dealkylation sites (N-methyl/N-ethyl adjacent to an activating group) is 1. The van der Waals surface area contributed by atoms with Crippen molar-refractivity contribution in [3.05, 3.63) is 30.1 Å². The summed E-state index contributed by atoms with van der Waals surface area (Å²) in [6, 6.07) is 7.04. The molecule has 1 unspecified atom stereocenters. The summed E-state index contributed by atoms with van der Waals surface area (Å²) in [6.07, 6.45) is 2.92. The highest BCUT2D eigenvalue weighted by molar-refractivity contribution is 5.75. The minimum Gasteiger partial charge on any atom is -0.334 e. The fraction of sp³-hybridized carbons (Fsp3) is 0.462. The summed E-state index contributed by atoms with van der Waals surface area (Å²) in [7, 11) is 2.02. The van der Waals surface area contributed by atoms with Gasteiger partial charge >= 0.3 is 0 Å². The molecule has 86 valence electrons. The molecule has 1 N–H and O–H groups in total. The number of aromatic nitrogens is 2. The molecule has 1 atom stereocenters. The summed E-state index contributed by atoms with van der Waals surface area (Å²) >= 11 is 0. The van der Waals surface area contributed by atoms with Crippen LogP contribution in [-0.4, -0.2) is 22.1 Å². The van der Waals surface area contributed by atoms with Gasteiger partial charge in [-0.1, -0.05) is 13.0 Å². The van der Waals surface area contributed by atoms with Gasteiger partial charge in [0.25, 0.3) is 0 Å². The highest BCUT2D eigenvalue weighted by atomic mass is 15.0. The van der Waals surface area contributed by atoms with Crippen LogP contribution in [0.25, 0.3) is 11.0 Å². The SMILES string of the molecule is CCNC(C)Cc1ccc2c(c1)ncn2C. The number of hydrogen-bond donors (Lipinski definition) is 1. The Morgan fingerprint density at radius 2 is 2.25 bits per heavy atom. The monoisotopic (exact) mass is 217 g/mol. The first kappa shape index (κ1) is 11.1. The van der Waals surface area contributed by atoms with Gasteiger partial charge in [0.2, 0.25) is 0 Å². The Kier molecular flexibility index (Phi) is 3.25. The van der Waals surface area contributed by atoms with Crippen LogP contribution in [0.3, 0.4) is 0 Å². The lowest BCUT2D eigenvalue weighted by atomic mass is 10.1. The summed E-state index contributed by atoms with van der Waals surface area (Å²) in [5, 5.41) is 3.42. The highest BCUT2D eigenvalue weighted by Crippen LogP contribution is 2.14. The van der Waals surface area contributed by atoms with Gasteiger partial charge in [0, 0.05) is 13.1 Å². The van der Waals surface area contributed by atoms with Gasteiger partial charge in [0.05, 0.1) is 17.4 Å². The lowest BCUT2D eigenvalue weighted by Crippen LogP contribution is -2.27. The van der Waals surface area contributed by atoms with E-state index in [2.05, 4.69) is 42.3 Å². The Hall–Kier alpha value is -1.35. The van der Waals surface area contributed by atoms with Crippen LogP contribution in [0.5, 0.6) is 0 Å². The summed E-state index contributed by atoms with van der Waals surface area (Å²) in [4.78, 5) is 4.37. The molecule has 2 rings (SSSR count). The maximum Gasteiger partial charge on any atom is 0.0955 e. The van der Waals surface area contributed by atoms with E-state index in [1.165, 1.54) is 11.1 Å². The van der Waals surface area contributed by atoms with Crippen LogP contribution in [0.15, 0.2) is 24.5 Å². The number of aryl methyl sites for hydroxylation is 1. The Labute approximate surface area is 96.5 Å². The zero-order valence-corrected chi connectivity index (χ0v) is 10.2. The fourth-order valence-corrected chi connectivity index (χ4v) is 2.08. The number of nitrogens with one attached hydrogen (secondary N) is 1. The summed E-state index contributed by atoms with van der Waals surface area (Å²) in [5.41, 5.74) is 3.63. The number of nitrogens with zero attached hydrogens (tertiary/aromatic N) is 2. The molecule has 0 radical (unpaired) electrons. The molecule has 0 aliphatic carbocycles. The summed E-state index contributed by atoms with van der Waals surface area (Å²) < 4.78 is 2.05. The van der Waals surface area contributed by atoms with E-state index in [1.807, 2.05) is 17.9 Å². The van der Waals surface area contributed by atoms with Gasteiger partial charge in [-0.2, -0.15) is 0 Å². The van der Waals surface area contributed by atoms with Crippen LogP contribution in [0.2, 0.25) is 0 Å². The van der Waals surface area contributed by atoms with E-state index in [1.54, 1.807) is 0 Å². The standard InChI is InChI=1S/C13H19N3/c1-4-14-10(2)7-11-5-6-13-12(8-11)15-9-16(13)3/h5-6,8-10,14H,4,7H2,1-3H3. The van der Waals surface area contributed by atoms with E-state index >= 15 is 0 Å². The molecule has 1 heterocycles. The predicted octanol–water partition coefficient (Wildman–Crippen LogP) is 2.11. The molecule has 0 saturated carbocycles. The molecule has 0 aliphatic heterocycles. The average molecular weight is 217 g/mol. The van der Waals surface area contributed by atoms with Gasteiger partial charge in [0.15, 0.2) is 0 Å². The van der Waals surface area contributed by atoms with Crippen molar-refractivity contribution in [1.29, 1.82) is 0 Å². The fourth-order valence-electron chi connectivity index (χ4n) is 2.08. The Morgan fingerprint density at radius 1 is 1.44 bits per heavy atom. The van der Waals surface area contributed by atoms with Crippen LogP contribution in [-0.2, 0) is 13.5 Å². The molecule has 0 bridgehead atoms. The maximum atomic E-state index is 4.37. The first-order chi connectivity index (χ1) is 7.70. The molecule has 0 fully saturated rings. The van der Waals surface area contributed by atoms with E-state index < -0.39 is 0 Å². The van der Waals surface area contributed by atoms with E-state index in [0.29, 0.717) is 6.04 Å². The van der Waals surface area contributed by atoms with Crippen LogP contribution in [0.1, 0.15) is 19.4 Å². The quantitative estimate of drug-likeness (QED) is 0.850. The molecule has 0 spiro atoms. The normalized spacial score (nSPS) is 13.2. The molecule has 1 aromatic carbocycles. The van der Waals surface area contributed by atoms with Crippen molar-refractivity contribution in [3.63, 3.8) is 0 Å². The first-order valence-electron chi connectivity index (χ1n) is 5.84. The zero-order valence-electron chi connectivity index (χ0n) is 10.2. The second-order valence-corrected chi connectivity index (χ2v) is 4.34. The minimum atomic E-state index is 0.520. The lowest BCUT2D eigenvalue weighted by molar-refractivity contribution is 0.565. The average Bonchev–Trinajstić information content (AvgIpc) is 2.60. The molecule has 1 aromatic heterocycles. The minimum absolute atomic E-state index is 0.520. The number of fused-ring (bicyclic) bond motifs is 1. The molecule has 3 nitrogen and oxygen atoms in total. The van der Waals surface area contributed by atoms with Gasteiger partial charge in [0.1, 0.15) is 0 Å². The van der Waals surface area contributed by atoms with Crippen molar-refractivity contribution < 1.29 is 0 Å². The molecule has 0 amide bonds. The summed E-state index contributed by atoms with van der Waals surface area (Å²) in [6.45, 7) is 5.37. The van der Waals surface area contributed by atoms with Gasteiger partial charge in [-0.15, -0.1) is 0 Å². The molecular formula is C13H19N3. The van der Waals surface area contributed by atoms with E-state index in [0.717, 1.165) is 18.5 Å². The van der Waals surface area contributed by atoms with Crippen molar-refractivity contribution in [2.24, 2.45) is 7.05 Å². The second kappa shape index (κ2) is 4.66. The third-order valence-electron chi connectivity index (χ3n) is 2.88. The first-order valence-corrected chi connectivity index (χ1v) is 5.84. The molecule has 3 heteroatoms. The number of hydrogen-bond acceptors (Lipinski definition) is 2. The molecule has 0 aliphatic rings. The van der Waals surface area contributed by atoms with Crippen LogP contribution in [0, 0.1) is 0 Å². The second-order valence-electron chi connectivity index (χ2n) is 4.34. The highest BCUT2D eigenvalue weighted by Gasteiger charge is 2.04. The van der Waals surface area contributed by atoms with Crippen LogP contribution >= 0.6 is 0 Å². The Bertz CT molecular complexity index is 473. The van der Waals surface area contributed by atoms with E-state index in [4.69, 9.17) is 0 Å². The van der Waals surface area contributed by atoms with Crippen molar-refractivity contribution >= 4 is 11.0 Å².